The van der Waals surface area contributed by atoms with Crippen LogP contribution in [0.3, 0.4) is 0 Å². The Hall–Kier alpha value is -2.31. The molecule has 2 aromatic rings. The fourth-order valence-corrected chi connectivity index (χ4v) is 3.97. The summed E-state index contributed by atoms with van der Waals surface area (Å²) in [5.74, 6) is -5.86. The molecule has 30 heavy (non-hydrogen) atoms. The molecule has 0 saturated carbocycles. The molecule has 1 aliphatic rings. The maximum absolute atomic E-state index is 13.8. The van der Waals surface area contributed by atoms with E-state index in [0.717, 1.165) is 25.3 Å². The van der Waals surface area contributed by atoms with E-state index in [1.54, 1.807) is 0 Å². The summed E-state index contributed by atoms with van der Waals surface area (Å²) in [4.78, 5) is 40.4. The van der Waals surface area contributed by atoms with Crippen LogP contribution >= 0.6 is 11.6 Å². The van der Waals surface area contributed by atoms with E-state index in [2.05, 4.69) is 4.98 Å². The molecule has 1 aromatic heterocycles. The van der Waals surface area contributed by atoms with Crippen LogP contribution in [0.25, 0.3) is 11.0 Å². The number of benzene rings is 1. The van der Waals surface area contributed by atoms with Crippen molar-refractivity contribution in [3.8, 4) is 0 Å². The van der Waals surface area contributed by atoms with E-state index in [1.165, 1.54) is 0 Å². The smallest absolute Gasteiger partial charge is 0.206 e. The number of aromatic nitrogens is 2. The zero-order valence-corrected chi connectivity index (χ0v) is 16.6. The molecule has 2 heterocycles. The number of carbonyl (C=O) groups excluding carboxylic acids is 3. The van der Waals surface area contributed by atoms with Gasteiger partial charge in [-0.15, -0.1) is 0 Å². The molecule has 1 fully saturated rings. The number of rotatable bonds is 5. The standard InChI is InChI=1S/C18H17ClF2N2O7/c1-6(24)13(27)14-17(28,7(2)25)18(29,8(3)26)15(30-14)23-12-5-10(21)9(20)4-11(12)22-16(23)19/h4-5,13-15,27-29H,1-3H3/t13?,14-,15-,17-,18+/m1/s1. The number of Topliss-reactive ketones (excluding diaryl/α,β-unsaturated/α-hetero) is 3. The number of aliphatic hydroxyl groups is 3. The molecular weight excluding hydrogens is 430 g/mol. The summed E-state index contributed by atoms with van der Waals surface area (Å²) < 4.78 is 33.6. The van der Waals surface area contributed by atoms with Gasteiger partial charge in [0.05, 0.1) is 11.0 Å². The highest BCUT2D eigenvalue weighted by molar-refractivity contribution is 6.29. The van der Waals surface area contributed by atoms with E-state index in [9.17, 15) is 38.5 Å². The van der Waals surface area contributed by atoms with Crippen molar-refractivity contribution >= 4 is 40.0 Å². The number of nitrogens with zero attached hydrogens (tertiary/aromatic N) is 2. The van der Waals surface area contributed by atoms with Gasteiger partial charge in [0.1, 0.15) is 12.2 Å². The minimum absolute atomic E-state index is 0.185. The van der Waals surface area contributed by atoms with Gasteiger partial charge in [-0.2, -0.15) is 0 Å². The molecular formula is C18H17ClF2N2O7. The molecule has 0 amide bonds. The van der Waals surface area contributed by atoms with Crippen LogP contribution in [0.15, 0.2) is 12.1 Å². The summed E-state index contributed by atoms with van der Waals surface area (Å²) >= 11 is 6.06. The Balaban J connectivity index is 2.34. The summed E-state index contributed by atoms with van der Waals surface area (Å²) in [6, 6.07) is 1.36. The second kappa shape index (κ2) is 7.13. The zero-order valence-electron chi connectivity index (χ0n) is 15.9. The SMILES string of the molecule is CC(=O)C(O)[C@H]1O[C@@H](n2c(Cl)nc3cc(F)c(F)cc32)[C@@](O)(C(C)=O)[C@@]1(O)C(C)=O. The first kappa shape index (κ1) is 22.4. The van der Waals surface area contributed by atoms with Crippen molar-refractivity contribution in [2.45, 2.75) is 50.4 Å². The number of halogens is 3. The number of ketones is 3. The van der Waals surface area contributed by atoms with Crippen molar-refractivity contribution in [1.82, 2.24) is 9.55 Å². The van der Waals surface area contributed by atoms with Crippen LogP contribution in [-0.4, -0.2) is 65.6 Å². The first-order chi connectivity index (χ1) is 13.8. The van der Waals surface area contributed by atoms with Gasteiger partial charge in [0.2, 0.25) is 10.9 Å². The molecule has 12 heteroatoms. The molecule has 1 aliphatic heterocycles. The average molecular weight is 447 g/mol. The molecule has 162 valence electrons. The average Bonchev–Trinajstić information content (AvgIpc) is 3.07. The molecule has 0 spiro atoms. The Morgan fingerprint density at radius 2 is 1.67 bits per heavy atom. The van der Waals surface area contributed by atoms with Crippen molar-refractivity contribution in [3.05, 3.63) is 29.1 Å². The van der Waals surface area contributed by atoms with Crippen LogP contribution in [0, 0.1) is 11.6 Å². The number of carbonyl (C=O) groups is 3. The Morgan fingerprint density at radius 1 is 1.13 bits per heavy atom. The topological polar surface area (TPSA) is 139 Å². The largest absolute Gasteiger partial charge is 0.382 e. The number of hydrogen-bond acceptors (Lipinski definition) is 8. The molecule has 0 radical (unpaired) electrons. The Kier molecular flexibility index (Phi) is 5.32. The number of aliphatic hydroxyl groups excluding tert-OH is 1. The second-order valence-electron chi connectivity index (χ2n) is 7.12. The summed E-state index contributed by atoms with van der Waals surface area (Å²) in [5.41, 5.74) is -6.57. The Labute approximate surface area is 172 Å². The van der Waals surface area contributed by atoms with Crippen molar-refractivity contribution in [2.24, 2.45) is 0 Å². The lowest BCUT2D eigenvalue weighted by atomic mass is 9.73. The fraction of sp³-hybridized carbons (Fsp3) is 0.444. The van der Waals surface area contributed by atoms with Crippen molar-refractivity contribution < 1.29 is 43.2 Å². The van der Waals surface area contributed by atoms with Gasteiger partial charge in [-0.3, -0.25) is 19.0 Å². The predicted octanol–water partition coefficient (Wildman–Crippen LogP) is 0.455. The molecule has 0 bridgehead atoms. The van der Waals surface area contributed by atoms with E-state index < -0.39 is 63.9 Å². The van der Waals surface area contributed by atoms with Crippen molar-refractivity contribution in [2.75, 3.05) is 0 Å². The molecule has 9 nitrogen and oxygen atoms in total. The number of imidazole rings is 1. The quantitative estimate of drug-likeness (QED) is 0.602. The summed E-state index contributed by atoms with van der Waals surface area (Å²) in [5, 5.41) is 32.1. The van der Waals surface area contributed by atoms with Crippen LogP contribution in [0.5, 0.6) is 0 Å². The molecule has 5 atom stereocenters. The Morgan fingerprint density at radius 3 is 2.17 bits per heavy atom. The van der Waals surface area contributed by atoms with Gasteiger partial charge in [0, 0.05) is 12.1 Å². The number of fused-ring (bicyclic) bond motifs is 1. The van der Waals surface area contributed by atoms with Crippen LogP contribution in [-0.2, 0) is 19.1 Å². The maximum Gasteiger partial charge on any atom is 0.206 e. The Bertz CT molecular complexity index is 1090. The monoisotopic (exact) mass is 446 g/mol. The van der Waals surface area contributed by atoms with E-state index in [1.807, 2.05) is 0 Å². The second-order valence-corrected chi connectivity index (χ2v) is 7.45. The van der Waals surface area contributed by atoms with E-state index >= 15 is 0 Å². The lowest BCUT2D eigenvalue weighted by Gasteiger charge is -2.38. The lowest BCUT2D eigenvalue weighted by Crippen LogP contribution is -2.67. The number of ether oxygens (including phenoxy) is 1. The van der Waals surface area contributed by atoms with Gasteiger partial charge in [0.15, 0.2) is 40.8 Å². The van der Waals surface area contributed by atoms with Crippen LogP contribution in [0.4, 0.5) is 8.78 Å². The van der Waals surface area contributed by atoms with Crippen LogP contribution in [0.1, 0.15) is 27.0 Å². The highest BCUT2D eigenvalue weighted by Crippen LogP contribution is 2.49. The van der Waals surface area contributed by atoms with Gasteiger partial charge in [0.25, 0.3) is 0 Å². The van der Waals surface area contributed by atoms with Crippen molar-refractivity contribution in [1.29, 1.82) is 0 Å². The van der Waals surface area contributed by atoms with Crippen molar-refractivity contribution in [3.63, 3.8) is 0 Å². The maximum atomic E-state index is 13.8. The minimum Gasteiger partial charge on any atom is -0.382 e. The van der Waals surface area contributed by atoms with Crippen LogP contribution < -0.4 is 0 Å². The molecule has 1 aromatic carbocycles. The van der Waals surface area contributed by atoms with E-state index in [-0.39, 0.29) is 11.0 Å². The zero-order chi connectivity index (χ0) is 22.8. The molecule has 3 N–H and O–H groups in total. The van der Waals surface area contributed by atoms with Gasteiger partial charge in [-0.1, -0.05) is 0 Å². The summed E-state index contributed by atoms with van der Waals surface area (Å²) in [6.45, 7) is 2.59. The van der Waals surface area contributed by atoms with Gasteiger partial charge >= 0.3 is 0 Å². The summed E-state index contributed by atoms with van der Waals surface area (Å²) in [6.07, 6.45) is -6.21. The lowest BCUT2D eigenvalue weighted by molar-refractivity contribution is -0.184. The van der Waals surface area contributed by atoms with Gasteiger partial charge < -0.3 is 20.1 Å². The van der Waals surface area contributed by atoms with Crippen LogP contribution in [0.2, 0.25) is 5.28 Å². The normalized spacial score (nSPS) is 29.9. The fourth-order valence-electron chi connectivity index (χ4n) is 3.70. The third-order valence-electron chi connectivity index (χ3n) is 5.33. The van der Waals surface area contributed by atoms with Gasteiger partial charge in [-0.05, 0) is 32.4 Å². The molecule has 0 aliphatic carbocycles. The van der Waals surface area contributed by atoms with E-state index in [0.29, 0.717) is 12.1 Å². The predicted molar refractivity (Wildman–Crippen MR) is 96.5 cm³/mol. The highest BCUT2D eigenvalue weighted by Gasteiger charge is 2.73. The third kappa shape index (κ3) is 2.81. The highest BCUT2D eigenvalue weighted by atomic mass is 35.5. The molecule has 1 saturated heterocycles. The minimum atomic E-state index is -3.08. The third-order valence-corrected chi connectivity index (χ3v) is 5.59. The summed E-state index contributed by atoms with van der Waals surface area (Å²) in [7, 11) is 0. The number of hydrogen-bond donors (Lipinski definition) is 3. The first-order valence-electron chi connectivity index (χ1n) is 8.61. The molecule has 1 unspecified atom stereocenters. The molecule has 3 rings (SSSR count). The van der Waals surface area contributed by atoms with E-state index in [4.69, 9.17) is 16.3 Å². The first-order valence-corrected chi connectivity index (χ1v) is 8.99. The van der Waals surface area contributed by atoms with Gasteiger partial charge in [-0.25, -0.2) is 13.8 Å².